The highest BCUT2D eigenvalue weighted by atomic mass is 19.1. The predicted molar refractivity (Wildman–Crippen MR) is 82.5 cm³/mol. The average molecular weight is 292 g/mol. The van der Waals surface area contributed by atoms with Gasteiger partial charge in [-0.05, 0) is 50.9 Å². The molecule has 116 valence electrons. The van der Waals surface area contributed by atoms with Crippen LogP contribution in [-0.4, -0.2) is 36.5 Å². The van der Waals surface area contributed by atoms with Crippen molar-refractivity contribution >= 4 is 5.91 Å². The molecule has 2 unspecified atom stereocenters. The van der Waals surface area contributed by atoms with Crippen LogP contribution in [0.5, 0.6) is 0 Å². The molecule has 0 saturated carbocycles. The van der Waals surface area contributed by atoms with Crippen molar-refractivity contribution in [2.75, 3.05) is 19.6 Å². The van der Waals surface area contributed by atoms with E-state index in [2.05, 4.69) is 17.1 Å². The van der Waals surface area contributed by atoms with Crippen LogP contribution in [0.2, 0.25) is 0 Å². The minimum absolute atomic E-state index is 0.00398. The molecule has 0 radical (unpaired) electrons. The summed E-state index contributed by atoms with van der Waals surface area (Å²) in [5.74, 6) is -0.445. The molecular formula is C17H25FN2O. The van der Waals surface area contributed by atoms with Gasteiger partial charge >= 0.3 is 0 Å². The second kappa shape index (κ2) is 7.55. The maximum Gasteiger partial charge on any atom is 0.223 e. The predicted octanol–water partition coefficient (Wildman–Crippen LogP) is 2.60. The molecule has 21 heavy (non-hydrogen) atoms. The molecule has 0 spiro atoms. The molecule has 1 N–H and O–H groups in total. The molecular weight excluding hydrogens is 267 g/mol. The number of hydrogen-bond donors (Lipinski definition) is 1. The lowest BCUT2D eigenvalue weighted by Crippen LogP contribution is -2.42. The molecule has 1 amide bonds. The number of amides is 1. The van der Waals surface area contributed by atoms with Gasteiger partial charge in [-0.1, -0.05) is 25.1 Å². The number of halogens is 1. The summed E-state index contributed by atoms with van der Waals surface area (Å²) in [5.41, 5.74) is 0.604. The van der Waals surface area contributed by atoms with Crippen molar-refractivity contribution < 1.29 is 9.18 Å². The Balaban J connectivity index is 1.78. The van der Waals surface area contributed by atoms with E-state index in [1.807, 2.05) is 6.92 Å². The first-order chi connectivity index (χ1) is 10.1. The molecule has 0 aromatic heterocycles. The lowest BCUT2D eigenvalue weighted by atomic mass is 10.00. The summed E-state index contributed by atoms with van der Waals surface area (Å²) in [4.78, 5) is 14.5. The Morgan fingerprint density at radius 2 is 1.95 bits per heavy atom. The van der Waals surface area contributed by atoms with Crippen LogP contribution in [0, 0.1) is 11.7 Å². The van der Waals surface area contributed by atoms with E-state index in [9.17, 15) is 9.18 Å². The van der Waals surface area contributed by atoms with Gasteiger partial charge in [-0.25, -0.2) is 4.39 Å². The first-order valence-corrected chi connectivity index (χ1v) is 7.83. The van der Waals surface area contributed by atoms with Crippen LogP contribution in [0.4, 0.5) is 4.39 Å². The smallest absolute Gasteiger partial charge is 0.223 e. The van der Waals surface area contributed by atoms with Gasteiger partial charge in [-0.3, -0.25) is 9.69 Å². The first kappa shape index (κ1) is 16.0. The fraction of sp³-hybridized carbons (Fsp3) is 0.588. The van der Waals surface area contributed by atoms with Crippen molar-refractivity contribution in [3.63, 3.8) is 0 Å². The van der Waals surface area contributed by atoms with Crippen molar-refractivity contribution in [1.82, 2.24) is 10.2 Å². The van der Waals surface area contributed by atoms with E-state index in [1.165, 1.54) is 18.9 Å². The van der Waals surface area contributed by atoms with Gasteiger partial charge in [0.1, 0.15) is 5.82 Å². The summed E-state index contributed by atoms with van der Waals surface area (Å²) in [6, 6.07) is 7.03. The molecule has 1 fully saturated rings. The van der Waals surface area contributed by atoms with Crippen molar-refractivity contribution in [2.24, 2.45) is 5.92 Å². The maximum absolute atomic E-state index is 13.6. The quantitative estimate of drug-likeness (QED) is 0.874. The second-order valence-corrected chi connectivity index (χ2v) is 6.03. The highest BCUT2D eigenvalue weighted by molar-refractivity contribution is 5.78. The van der Waals surface area contributed by atoms with Gasteiger partial charge in [-0.15, -0.1) is 0 Å². The summed E-state index contributed by atoms with van der Waals surface area (Å²) in [6.07, 6.45) is 2.94. The Morgan fingerprint density at radius 3 is 2.62 bits per heavy atom. The third-order valence-electron chi connectivity index (χ3n) is 4.27. The maximum atomic E-state index is 13.6. The fourth-order valence-electron chi connectivity index (χ4n) is 2.82. The number of likely N-dealkylation sites (tertiary alicyclic amines) is 1. The molecule has 1 saturated heterocycles. The first-order valence-electron chi connectivity index (χ1n) is 7.83. The van der Waals surface area contributed by atoms with Crippen molar-refractivity contribution in [1.29, 1.82) is 0 Å². The molecule has 1 aromatic rings. The van der Waals surface area contributed by atoms with Gasteiger partial charge < -0.3 is 5.32 Å². The Labute approximate surface area is 126 Å². The van der Waals surface area contributed by atoms with Gasteiger partial charge in [0.15, 0.2) is 0 Å². The Kier molecular flexibility index (Phi) is 5.74. The number of hydrogen-bond acceptors (Lipinski definition) is 2. The number of nitrogens with zero attached hydrogens (tertiary/aromatic N) is 1. The van der Waals surface area contributed by atoms with Crippen LogP contribution >= 0.6 is 0 Å². The molecule has 2 rings (SSSR count). The fourth-order valence-corrected chi connectivity index (χ4v) is 2.82. The third kappa shape index (κ3) is 4.53. The van der Waals surface area contributed by atoms with Crippen LogP contribution in [0.15, 0.2) is 24.3 Å². The number of nitrogens with one attached hydrogen (secondary N) is 1. The number of benzene rings is 1. The monoisotopic (exact) mass is 292 g/mol. The van der Waals surface area contributed by atoms with E-state index in [4.69, 9.17) is 0 Å². The van der Waals surface area contributed by atoms with E-state index >= 15 is 0 Å². The zero-order chi connectivity index (χ0) is 15.2. The lowest BCUT2D eigenvalue weighted by molar-refractivity contribution is -0.124. The van der Waals surface area contributed by atoms with E-state index < -0.39 is 0 Å². The number of rotatable bonds is 6. The van der Waals surface area contributed by atoms with Crippen LogP contribution in [0.25, 0.3) is 0 Å². The van der Waals surface area contributed by atoms with Crippen molar-refractivity contribution in [3.8, 4) is 0 Å². The van der Waals surface area contributed by atoms with Crippen LogP contribution in [0.3, 0.4) is 0 Å². The molecule has 0 bridgehead atoms. The zero-order valence-corrected chi connectivity index (χ0v) is 12.9. The molecule has 3 nitrogen and oxygen atoms in total. The van der Waals surface area contributed by atoms with Crippen LogP contribution < -0.4 is 5.32 Å². The SMILES string of the molecule is CC(Cc1ccccc1F)C(=O)NCC(C)N1CCCC1. The van der Waals surface area contributed by atoms with E-state index in [0.29, 0.717) is 24.6 Å². The van der Waals surface area contributed by atoms with Gasteiger partial charge in [0, 0.05) is 18.5 Å². The van der Waals surface area contributed by atoms with Gasteiger partial charge in [0.25, 0.3) is 0 Å². The molecule has 1 heterocycles. The summed E-state index contributed by atoms with van der Waals surface area (Å²) in [7, 11) is 0. The standard InChI is InChI=1S/C17H25FN2O/c1-13(11-15-7-3-4-8-16(15)18)17(21)19-12-14(2)20-9-5-6-10-20/h3-4,7-8,13-14H,5-6,9-12H2,1-2H3,(H,19,21). The summed E-state index contributed by atoms with van der Waals surface area (Å²) >= 11 is 0. The summed E-state index contributed by atoms with van der Waals surface area (Å²) in [6.45, 7) is 6.92. The number of carbonyl (C=O) groups is 1. The average Bonchev–Trinajstić information content (AvgIpc) is 3.01. The number of carbonyl (C=O) groups excluding carboxylic acids is 1. The Morgan fingerprint density at radius 1 is 1.29 bits per heavy atom. The molecule has 1 aromatic carbocycles. The van der Waals surface area contributed by atoms with Gasteiger partial charge in [0.2, 0.25) is 5.91 Å². The Hall–Kier alpha value is -1.42. The highest BCUT2D eigenvalue weighted by Gasteiger charge is 2.20. The van der Waals surface area contributed by atoms with Crippen LogP contribution in [-0.2, 0) is 11.2 Å². The van der Waals surface area contributed by atoms with Crippen molar-refractivity contribution in [3.05, 3.63) is 35.6 Å². The minimum Gasteiger partial charge on any atom is -0.354 e. The highest BCUT2D eigenvalue weighted by Crippen LogP contribution is 2.13. The van der Waals surface area contributed by atoms with Gasteiger partial charge in [0.05, 0.1) is 0 Å². The largest absolute Gasteiger partial charge is 0.354 e. The van der Waals surface area contributed by atoms with E-state index in [1.54, 1.807) is 18.2 Å². The molecule has 2 atom stereocenters. The molecule has 1 aliphatic heterocycles. The van der Waals surface area contributed by atoms with E-state index in [-0.39, 0.29) is 17.6 Å². The minimum atomic E-state index is -0.234. The lowest BCUT2D eigenvalue weighted by Gasteiger charge is -2.24. The van der Waals surface area contributed by atoms with Crippen LogP contribution in [0.1, 0.15) is 32.3 Å². The molecule has 4 heteroatoms. The zero-order valence-electron chi connectivity index (χ0n) is 12.9. The normalized spacial score (nSPS) is 18.4. The third-order valence-corrected chi connectivity index (χ3v) is 4.27. The molecule has 1 aliphatic rings. The van der Waals surface area contributed by atoms with E-state index in [0.717, 1.165) is 13.1 Å². The summed E-state index contributed by atoms with van der Waals surface area (Å²) in [5, 5.41) is 3.00. The molecule has 0 aliphatic carbocycles. The van der Waals surface area contributed by atoms with Crippen molar-refractivity contribution in [2.45, 2.75) is 39.2 Å². The Bertz CT molecular complexity index is 472. The topological polar surface area (TPSA) is 32.3 Å². The van der Waals surface area contributed by atoms with Gasteiger partial charge in [-0.2, -0.15) is 0 Å². The second-order valence-electron chi connectivity index (χ2n) is 6.03. The summed E-state index contributed by atoms with van der Waals surface area (Å²) < 4.78 is 13.6.